The third-order valence-corrected chi connectivity index (χ3v) is 4.05. The number of ether oxygens (including phenoxy) is 1. The number of carbonyl (C=O) groups excluding carboxylic acids is 1. The zero-order valence-corrected chi connectivity index (χ0v) is 12.4. The molecule has 0 radical (unpaired) electrons. The van der Waals surface area contributed by atoms with E-state index in [1.807, 2.05) is 4.90 Å². The van der Waals surface area contributed by atoms with E-state index in [1.165, 1.54) is 0 Å². The monoisotopic (exact) mass is 256 g/mol. The predicted molar refractivity (Wildman–Crippen MR) is 73.3 cm³/mol. The van der Waals surface area contributed by atoms with E-state index in [2.05, 4.69) is 33.0 Å². The Morgan fingerprint density at radius 1 is 1.33 bits per heavy atom. The van der Waals surface area contributed by atoms with Gasteiger partial charge in [0.2, 0.25) is 5.91 Å². The summed E-state index contributed by atoms with van der Waals surface area (Å²) in [4.78, 5) is 14.6. The number of rotatable bonds is 7. The molecule has 0 aromatic heterocycles. The molecule has 4 nitrogen and oxygen atoms in total. The minimum Gasteiger partial charge on any atom is -0.383 e. The molecule has 1 rings (SSSR count). The van der Waals surface area contributed by atoms with Crippen LogP contribution in [-0.2, 0) is 9.53 Å². The van der Waals surface area contributed by atoms with E-state index in [9.17, 15) is 4.79 Å². The van der Waals surface area contributed by atoms with Gasteiger partial charge in [0.05, 0.1) is 24.9 Å². The number of amides is 1. The Kier molecular flexibility index (Phi) is 6.09. The van der Waals surface area contributed by atoms with Crippen molar-refractivity contribution in [2.45, 2.75) is 65.2 Å². The van der Waals surface area contributed by atoms with Crippen LogP contribution in [0.5, 0.6) is 0 Å². The maximum Gasteiger partial charge on any atom is 0.241 e. The van der Waals surface area contributed by atoms with Crippen LogP contribution in [0.25, 0.3) is 0 Å². The molecular formula is C14H28N2O2. The molecule has 4 atom stereocenters. The van der Waals surface area contributed by atoms with Crippen molar-refractivity contribution in [1.29, 1.82) is 0 Å². The average Bonchev–Trinajstić information content (AvgIpc) is 2.72. The van der Waals surface area contributed by atoms with Crippen molar-refractivity contribution in [1.82, 2.24) is 10.2 Å². The van der Waals surface area contributed by atoms with E-state index in [-0.39, 0.29) is 24.2 Å². The van der Waals surface area contributed by atoms with Crippen LogP contribution in [0.2, 0.25) is 0 Å². The fourth-order valence-corrected chi connectivity index (χ4v) is 2.65. The average molecular weight is 256 g/mol. The van der Waals surface area contributed by atoms with Crippen LogP contribution in [0.1, 0.15) is 47.0 Å². The van der Waals surface area contributed by atoms with Crippen LogP contribution in [-0.4, -0.2) is 42.8 Å². The van der Waals surface area contributed by atoms with Crippen molar-refractivity contribution in [3.8, 4) is 0 Å². The lowest BCUT2D eigenvalue weighted by Gasteiger charge is -2.31. The second kappa shape index (κ2) is 7.10. The van der Waals surface area contributed by atoms with Gasteiger partial charge in [-0.05, 0) is 18.8 Å². The Morgan fingerprint density at radius 3 is 2.44 bits per heavy atom. The van der Waals surface area contributed by atoms with Crippen molar-refractivity contribution in [2.75, 3.05) is 13.7 Å². The summed E-state index contributed by atoms with van der Waals surface area (Å²) in [5.74, 6) is 0.636. The molecule has 1 amide bonds. The van der Waals surface area contributed by atoms with Crippen molar-refractivity contribution >= 4 is 5.91 Å². The first-order valence-corrected chi connectivity index (χ1v) is 7.17. The summed E-state index contributed by atoms with van der Waals surface area (Å²) in [6.07, 6.45) is 3.06. The van der Waals surface area contributed by atoms with Gasteiger partial charge < -0.3 is 9.64 Å². The molecule has 0 aromatic carbocycles. The van der Waals surface area contributed by atoms with Gasteiger partial charge in [-0.25, -0.2) is 0 Å². The highest BCUT2D eigenvalue weighted by Crippen LogP contribution is 2.24. The van der Waals surface area contributed by atoms with Crippen LogP contribution in [0.15, 0.2) is 0 Å². The first kappa shape index (κ1) is 15.4. The van der Waals surface area contributed by atoms with Gasteiger partial charge in [0.15, 0.2) is 0 Å². The standard InChI is InChI=1S/C14H28N2O2/c1-6-10(4)13-14(17)16(12(8-3)15-13)11(7-2)9-18-5/h10-13,15H,6-9H2,1-5H3. The van der Waals surface area contributed by atoms with E-state index >= 15 is 0 Å². The van der Waals surface area contributed by atoms with Crippen molar-refractivity contribution in [2.24, 2.45) is 5.92 Å². The molecule has 1 heterocycles. The molecule has 1 fully saturated rings. The Bertz CT molecular complexity index is 271. The molecule has 18 heavy (non-hydrogen) atoms. The fourth-order valence-electron chi connectivity index (χ4n) is 2.65. The number of carbonyl (C=O) groups is 1. The summed E-state index contributed by atoms with van der Waals surface area (Å²) >= 11 is 0. The molecular weight excluding hydrogens is 228 g/mol. The van der Waals surface area contributed by atoms with Crippen LogP contribution in [0.4, 0.5) is 0 Å². The molecule has 0 aliphatic carbocycles. The Labute approximate surface area is 111 Å². The van der Waals surface area contributed by atoms with E-state index in [1.54, 1.807) is 7.11 Å². The number of nitrogens with zero attached hydrogens (tertiary/aromatic N) is 1. The topological polar surface area (TPSA) is 41.6 Å². The summed E-state index contributed by atoms with van der Waals surface area (Å²) in [5, 5.41) is 3.49. The molecule has 4 heteroatoms. The summed E-state index contributed by atoms with van der Waals surface area (Å²) in [6, 6.07) is 0.167. The predicted octanol–water partition coefficient (Wildman–Crippen LogP) is 1.99. The van der Waals surface area contributed by atoms with Gasteiger partial charge in [-0.2, -0.15) is 0 Å². The quantitative estimate of drug-likeness (QED) is 0.757. The Morgan fingerprint density at radius 2 is 2.00 bits per heavy atom. The highest BCUT2D eigenvalue weighted by molar-refractivity contribution is 5.85. The zero-order valence-electron chi connectivity index (χ0n) is 12.4. The van der Waals surface area contributed by atoms with Crippen LogP contribution in [0.3, 0.4) is 0 Å². The molecule has 0 bridgehead atoms. The normalized spacial score (nSPS) is 27.6. The molecule has 106 valence electrons. The Balaban J connectivity index is 2.84. The molecule has 1 saturated heterocycles. The minimum atomic E-state index is -0.0224. The first-order valence-electron chi connectivity index (χ1n) is 7.17. The summed E-state index contributed by atoms with van der Waals surface area (Å²) in [6.45, 7) is 9.13. The number of hydrogen-bond acceptors (Lipinski definition) is 3. The highest BCUT2D eigenvalue weighted by Gasteiger charge is 2.42. The molecule has 1 aliphatic heterocycles. The lowest BCUT2D eigenvalue weighted by Crippen LogP contribution is -2.46. The van der Waals surface area contributed by atoms with Gasteiger partial charge in [0.25, 0.3) is 0 Å². The molecule has 1 N–H and O–H groups in total. The van der Waals surface area contributed by atoms with E-state index in [0.29, 0.717) is 12.5 Å². The van der Waals surface area contributed by atoms with Crippen molar-refractivity contribution in [3.05, 3.63) is 0 Å². The van der Waals surface area contributed by atoms with Gasteiger partial charge in [-0.15, -0.1) is 0 Å². The van der Waals surface area contributed by atoms with Crippen LogP contribution < -0.4 is 5.32 Å². The third kappa shape index (κ3) is 3.04. The Hall–Kier alpha value is -0.610. The van der Waals surface area contributed by atoms with Gasteiger partial charge in [-0.3, -0.25) is 10.1 Å². The highest BCUT2D eigenvalue weighted by atomic mass is 16.5. The second-order valence-electron chi connectivity index (χ2n) is 5.22. The van der Waals surface area contributed by atoms with Crippen LogP contribution >= 0.6 is 0 Å². The fraction of sp³-hybridized carbons (Fsp3) is 0.929. The molecule has 1 aliphatic rings. The van der Waals surface area contributed by atoms with Crippen molar-refractivity contribution in [3.63, 3.8) is 0 Å². The second-order valence-corrected chi connectivity index (χ2v) is 5.22. The van der Waals surface area contributed by atoms with Gasteiger partial charge in [0, 0.05) is 7.11 Å². The van der Waals surface area contributed by atoms with Gasteiger partial charge in [-0.1, -0.05) is 34.1 Å². The summed E-state index contributed by atoms with van der Waals surface area (Å²) < 4.78 is 5.25. The van der Waals surface area contributed by atoms with Gasteiger partial charge >= 0.3 is 0 Å². The molecule has 0 spiro atoms. The smallest absolute Gasteiger partial charge is 0.241 e. The summed E-state index contributed by atoms with van der Waals surface area (Å²) in [7, 11) is 1.70. The van der Waals surface area contributed by atoms with Crippen molar-refractivity contribution < 1.29 is 9.53 Å². The lowest BCUT2D eigenvalue weighted by atomic mass is 9.99. The molecule has 4 unspecified atom stereocenters. The zero-order chi connectivity index (χ0) is 13.7. The minimum absolute atomic E-state index is 0.0224. The third-order valence-electron chi connectivity index (χ3n) is 4.05. The van der Waals surface area contributed by atoms with E-state index in [4.69, 9.17) is 4.74 Å². The van der Waals surface area contributed by atoms with E-state index < -0.39 is 0 Å². The lowest BCUT2D eigenvalue weighted by molar-refractivity contribution is -0.134. The maximum absolute atomic E-state index is 12.6. The number of methoxy groups -OCH3 is 1. The van der Waals surface area contributed by atoms with Gasteiger partial charge in [0.1, 0.15) is 0 Å². The van der Waals surface area contributed by atoms with Crippen LogP contribution in [0, 0.1) is 5.92 Å². The SMILES string of the molecule is CCC(C)C1NC(CC)N(C(CC)COC)C1=O. The largest absolute Gasteiger partial charge is 0.383 e. The number of nitrogens with one attached hydrogen (secondary N) is 1. The molecule has 0 saturated carbocycles. The molecule has 0 aromatic rings. The van der Waals surface area contributed by atoms with E-state index in [0.717, 1.165) is 19.3 Å². The number of hydrogen-bond donors (Lipinski definition) is 1. The first-order chi connectivity index (χ1) is 8.60. The summed E-state index contributed by atoms with van der Waals surface area (Å²) in [5.41, 5.74) is 0. The maximum atomic E-state index is 12.6.